The Hall–Kier alpha value is -1.36. The zero-order valence-electron chi connectivity index (χ0n) is 7.86. The van der Waals surface area contributed by atoms with Crippen molar-refractivity contribution in [2.75, 3.05) is 11.9 Å². The highest BCUT2D eigenvalue weighted by atomic mass is 16.1. The molecule has 1 fully saturated rings. The van der Waals surface area contributed by atoms with Crippen molar-refractivity contribution >= 4 is 5.82 Å². The van der Waals surface area contributed by atoms with Gasteiger partial charge in [0.1, 0.15) is 5.82 Å². The topological polar surface area (TPSA) is 83.8 Å². The van der Waals surface area contributed by atoms with Crippen LogP contribution in [0.2, 0.25) is 0 Å². The van der Waals surface area contributed by atoms with Crippen LogP contribution in [0, 0.1) is 5.92 Å². The number of H-pyrrole nitrogens is 1. The van der Waals surface area contributed by atoms with Crippen LogP contribution in [0.25, 0.3) is 0 Å². The molecule has 1 aliphatic carbocycles. The van der Waals surface area contributed by atoms with E-state index in [1.165, 1.54) is 25.2 Å². The molecule has 1 aromatic rings. The first-order valence-electron chi connectivity index (χ1n) is 4.81. The number of nitrogens with one attached hydrogen (secondary N) is 2. The minimum Gasteiger partial charge on any atom is -0.366 e. The largest absolute Gasteiger partial charge is 0.366 e. The van der Waals surface area contributed by atoms with Crippen LogP contribution in [-0.4, -0.2) is 22.6 Å². The van der Waals surface area contributed by atoms with Crippen LogP contribution in [-0.2, 0) is 0 Å². The summed E-state index contributed by atoms with van der Waals surface area (Å²) in [5.74, 6) is 1.26. The first kappa shape index (κ1) is 9.21. The molecule has 14 heavy (non-hydrogen) atoms. The molecule has 1 unspecified atom stereocenters. The number of aromatic amines is 1. The Labute approximate surface area is 81.7 Å². The normalized spacial score (nSPS) is 17.8. The van der Waals surface area contributed by atoms with Crippen molar-refractivity contribution in [3.8, 4) is 0 Å². The van der Waals surface area contributed by atoms with E-state index in [-0.39, 0.29) is 11.6 Å². The van der Waals surface area contributed by atoms with E-state index in [1.807, 2.05) is 0 Å². The van der Waals surface area contributed by atoms with Gasteiger partial charge in [-0.3, -0.25) is 4.79 Å². The van der Waals surface area contributed by atoms with E-state index < -0.39 is 0 Å². The fourth-order valence-corrected chi connectivity index (χ4v) is 1.51. The summed E-state index contributed by atoms with van der Waals surface area (Å²) in [5, 5.41) is 3.18. The zero-order chi connectivity index (χ0) is 9.97. The Kier molecular flexibility index (Phi) is 2.49. The molecule has 76 valence electrons. The summed E-state index contributed by atoms with van der Waals surface area (Å²) < 4.78 is 0. The molecule has 4 N–H and O–H groups in total. The van der Waals surface area contributed by atoms with E-state index in [0.717, 1.165) is 0 Å². The van der Waals surface area contributed by atoms with Crippen molar-refractivity contribution in [3.63, 3.8) is 0 Å². The molecule has 0 amide bonds. The quantitative estimate of drug-likeness (QED) is 0.626. The van der Waals surface area contributed by atoms with Crippen molar-refractivity contribution in [1.82, 2.24) is 9.97 Å². The Morgan fingerprint density at radius 3 is 3.07 bits per heavy atom. The van der Waals surface area contributed by atoms with Gasteiger partial charge in [0.05, 0.1) is 6.33 Å². The highest BCUT2D eigenvalue weighted by Crippen LogP contribution is 2.33. The maximum Gasteiger partial charge on any atom is 0.252 e. The lowest BCUT2D eigenvalue weighted by Crippen LogP contribution is -2.31. The maximum absolute atomic E-state index is 11.0. The second-order valence-corrected chi connectivity index (χ2v) is 3.62. The van der Waals surface area contributed by atoms with Crippen LogP contribution in [0.15, 0.2) is 17.2 Å². The molecule has 0 spiro atoms. The lowest BCUT2D eigenvalue weighted by molar-refractivity contribution is 0.642. The van der Waals surface area contributed by atoms with Crippen LogP contribution in [0.3, 0.4) is 0 Å². The molecule has 0 aliphatic heterocycles. The molecular formula is C9H14N4O. The Morgan fingerprint density at radius 1 is 1.71 bits per heavy atom. The van der Waals surface area contributed by atoms with Crippen LogP contribution >= 0.6 is 0 Å². The van der Waals surface area contributed by atoms with Gasteiger partial charge in [-0.2, -0.15) is 0 Å². The van der Waals surface area contributed by atoms with E-state index in [9.17, 15) is 4.79 Å². The zero-order valence-corrected chi connectivity index (χ0v) is 7.86. The summed E-state index contributed by atoms with van der Waals surface area (Å²) in [6.45, 7) is 0.582. The Bertz CT molecular complexity index is 358. The second-order valence-electron chi connectivity index (χ2n) is 3.62. The van der Waals surface area contributed by atoms with E-state index in [0.29, 0.717) is 18.3 Å². The van der Waals surface area contributed by atoms with E-state index in [1.54, 1.807) is 0 Å². The number of nitrogens with zero attached hydrogens (tertiary/aromatic N) is 1. The predicted octanol–water partition coefficient (Wildman–Crippen LogP) is -0.0809. The van der Waals surface area contributed by atoms with E-state index in [4.69, 9.17) is 5.73 Å². The summed E-state index contributed by atoms with van der Waals surface area (Å²) in [5.41, 5.74) is 5.48. The van der Waals surface area contributed by atoms with Gasteiger partial charge >= 0.3 is 0 Å². The van der Waals surface area contributed by atoms with Crippen molar-refractivity contribution < 1.29 is 0 Å². The molecule has 0 saturated heterocycles. The summed E-state index contributed by atoms with van der Waals surface area (Å²) in [6.07, 6.45) is 3.83. The lowest BCUT2D eigenvalue weighted by atomic mass is 10.2. The molecule has 1 aliphatic rings. The number of nitrogens with two attached hydrogens (primary N) is 1. The summed E-state index contributed by atoms with van der Waals surface area (Å²) >= 11 is 0. The average molecular weight is 194 g/mol. The molecule has 1 atom stereocenters. The van der Waals surface area contributed by atoms with E-state index >= 15 is 0 Å². The van der Waals surface area contributed by atoms with Crippen LogP contribution < -0.4 is 16.6 Å². The summed E-state index contributed by atoms with van der Waals surface area (Å²) in [6, 6.07) is 1.70. The number of aromatic nitrogens is 2. The first-order chi connectivity index (χ1) is 6.79. The van der Waals surface area contributed by atoms with Gasteiger partial charge in [0.15, 0.2) is 0 Å². The summed E-state index contributed by atoms with van der Waals surface area (Å²) in [4.78, 5) is 17.5. The Morgan fingerprint density at radius 2 is 2.50 bits per heavy atom. The smallest absolute Gasteiger partial charge is 0.252 e. The number of anilines is 1. The van der Waals surface area contributed by atoms with Gasteiger partial charge < -0.3 is 16.0 Å². The molecular weight excluding hydrogens is 180 g/mol. The van der Waals surface area contributed by atoms with Crippen molar-refractivity contribution in [1.29, 1.82) is 0 Å². The molecule has 5 nitrogen and oxygen atoms in total. The monoisotopic (exact) mass is 194 g/mol. The molecule has 1 heterocycles. The maximum atomic E-state index is 11.0. The molecule has 0 radical (unpaired) electrons. The molecule has 2 rings (SSSR count). The Balaban J connectivity index is 2.04. The fourth-order valence-electron chi connectivity index (χ4n) is 1.51. The first-order valence-corrected chi connectivity index (χ1v) is 4.81. The van der Waals surface area contributed by atoms with Crippen LogP contribution in [0.4, 0.5) is 5.82 Å². The van der Waals surface area contributed by atoms with Crippen molar-refractivity contribution in [2.24, 2.45) is 11.7 Å². The standard InChI is InChI=1S/C9H14N4O/c10-4-7(6-1-2-6)13-8-3-9(14)12-5-11-8/h3,5-7H,1-2,4,10H2,(H2,11,12,13,14). The van der Waals surface area contributed by atoms with Crippen molar-refractivity contribution in [3.05, 3.63) is 22.7 Å². The average Bonchev–Trinajstić information content (AvgIpc) is 2.97. The van der Waals surface area contributed by atoms with E-state index in [2.05, 4.69) is 15.3 Å². The SMILES string of the molecule is NCC(Nc1cc(=O)[nH]cn1)C1CC1. The molecule has 1 saturated carbocycles. The molecule has 1 aromatic heterocycles. The van der Waals surface area contributed by atoms with Gasteiger partial charge in [0.2, 0.25) is 0 Å². The summed E-state index contributed by atoms with van der Waals surface area (Å²) in [7, 11) is 0. The number of hydrogen-bond acceptors (Lipinski definition) is 4. The number of rotatable bonds is 4. The van der Waals surface area contributed by atoms with Crippen LogP contribution in [0.1, 0.15) is 12.8 Å². The van der Waals surface area contributed by atoms with Gasteiger partial charge in [0.25, 0.3) is 5.56 Å². The van der Waals surface area contributed by atoms with Crippen LogP contribution in [0.5, 0.6) is 0 Å². The molecule has 5 heteroatoms. The minimum absolute atomic E-state index is 0.144. The third-order valence-electron chi connectivity index (χ3n) is 2.46. The molecule has 0 bridgehead atoms. The van der Waals surface area contributed by atoms with Gasteiger partial charge in [-0.05, 0) is 18.8 Å². The van der Waals surface area contributed by atoms with Gasteiger partial charge in [-0.25, -0.2) is 4.98 Å². The third-order valence-corrected chi connectivity index (χ3v) is 2.46. The van der Waals surface area contributed by atoms with Gasteiger partial charge in [-0.15, -0.1) is 0 Å². The second kappa shape index (κ2) is 3.79. The van der Waals surface area contributed by atoms with Crippen molar-refractivity contribution in [2.45, 2.75) is 18.9 Å². The lowest BCUT2D eigenvalue weighted by Gasteiger charge is -2.15. The van der Waals surface area contributed by atoms with Gasteiger partial charge in [-0.1, -0.05) is 0 Å². The minimum atomic E-state index is -0.144. The highest BCUT2D eigenvalue weighted by Gasteiger charge is 2.30. The van der Waals surface area contributed by atoms with Gasteiger partial charge in [0, 0.05) is 18.7 Å². The number of hydrogen-bond donors (Lipinski definition) is 3. The predicted molar refractivity (Wildman–Crippen MR) is 54.0 cm³/mol. The third kappa shape index (κ3) is 2.11. The molecule has 0 aromatic carbocycles. The highest BCUT2D eigenvalue weighted by molar-refractivity contribution is 5.33. The fraction of sp³-hybridized carbons (Fsp3) is 0.556.